The second kappa shape index (κ2) is 6.45. The van der Waals surface area contributed by atoms with Gasteiger partial charge in [0.25, 0.3) is 0 Å². The number of nitrogens with zero attached hydrogens (tertiary/aromatic N) is 1. The number of anilines is 1. The van der Waals surface area contributed by atoms with E-state index < -0.39 is 11.7 Å². The lowest BCUT2D eigenvalue weighted by molar-refractivity contribution is -0.138. The largest absolute Gasteiger partial charge is 0.416 e. The second-order valence-corrected chi connectivity index (χ2v) is 4.83. The predicted octanol–water partition coefficient (Wildman–Crippen LogP) is 2.43. The number of rotatable bonds is 3. The van der Waals surface area contributed by atoms with E-state index >= 15 is 0 Å². The molecule has 0 radical (unpaired) electrons. The van der Waals surface area contributed by atoms with Crippen LogP contribution in [0.25, 0.3) is 0 Å². The summed E-state index contributed by atoms with van der Waals surface area (Å²) in [5.74, 6) is 0. The van der Waals surface area contributed by atoms with E-state index in [0.29, 0.717) is 32.0 Å². The number of nitrogens with two attached hydrogens (primary N) is 1. The number of benzene rings is 1. The zero-order valence-corrected chi connectivity index (χ0v) is 11.2. The van der Waals surface area contributed by atoms with Gasteiger partial charge in [-0.2, -0.15) is 13.2 Å². The number of halogens is 3. The standard InChI is InChI=1S/C14H19F3N2O/c15-14(16,17)13-10-12(3-2-11(13)4-5-18)19-6-1-8-20-9-7-19/h2-3,10H,1,4-9,18H2. The highest BCUT2D eigenvalue weighted by molar-refractivity contribution is 5.52. The molecular formula is C14H19F3N2O. The zero-order chi connectivity index (χ0) is 14.6. The van der Waals surface area contributed by atoms with Crippen LogP contribution in [0, 0.1) is 0 Å². The Kier molecular flexibility index (Phi) is 4.88. The fourth-order valence-electron chi connectivity index (χ4n) is 2.40. The maximum absolute atomic E-state index is 13.1. The molecule has 20 heavy (non-hydrogen) atoms. The Labute approximate surface area is 116 Å². The lowest BCUT2D eigenvalue weighted by Crippen LogP contribution is -2.26. The molecule has 1 aromatic carbocycles. The Morgan fingerprint density at radius 3 is 2.70 bits per heavy atom. The molecule has 2 N–H and O–H groups in total. The van der Waals surface area contributed by atoms with Crippen LogP contribution < -0.4 is 10.6 Å². The first-order chi connectivity index (χ1) is 9.52. The summed E-state index contributed by atoms with van der Waals surface area (Å²) in [7, 11) is 0. The molecule has 0 saturated carbocycles. The van der Waals surface area contributed by atoms with Gasteiger partial charge in [0, 0.05) is 25.4 Å². The molecule has 0 bridgehead atoms. The van der Waals surface area contributed by atoms with Crippen LogP contribution in [0.3, 0.4) is 0 Å². The predicted molar refractivity (Wildman–Crippen MR) is 71.9 cm³/mol. The highest BCUT2D eigenvalue weighted by Crippen LogP contribution is 2.35. The quantitative estimate of drug-likeness (QED) is 0.928. The van der Waals surface area contributed by atoms with Crippen molar-refractivity contribution in [1.82, 2.24) is 0 Å². The van der Waals surface area contributed by atoms with E-state index in [9.17, 15) is 13.2 Å². The third-order valence-electron chi connectivity index (χ3n) is 3.40. The molecule has 0 atom stereocenters. The molecule has 1 aliphatic rings. The molecule has 6 heteroatoms. The van der Waals surface area contributed by atoms with Gasteiger partial charge in [-0.3, -0.25) is 0 Å². The van der Waals surface area contributed by atoms with Crippen molar-refractivity contribution in [1.29, 1.82) is 0 Å². The minimum Gasteiger partial charge on any atom is -0.380 e. The van der Waals surface area contributed by atoms with Gasteiger partial charge in [0.05, 0.1) is 12.2 Å². The average molecular weight is 288 g/mol. The third-order valence-corrected chi connectivity index (χ3v) is 3.40. The fourth-order valence-corrected chi connectivity index (χ4v) is 2.40. The summed E-state index contributed by atoms with van der Waals surface area (Å²) >= 11 is 0. The van der Waals surface area contributed by atoms with Crippen molar-refractivity contribution in [3.63, 3.8) is 0 Å². The molecule has 1 heterocycles. The molecule has 0 spiro atoms. The van der Waals surface area contributed by atoms with E-state index in [-0.39, 0.29) is 18.5 Å². The zero-order valence-electron chi connectivity index (χ0n) is 11.2. The monoisotopic (exact) mass is 288 g/mol. The second-order valence-electron chi connectivity index (χ2n) is 4.83. The molecule has 1 saturated heterocycles. The Morgan fingerprint density at radius 2 is 2.00 bits per heavy atom. The van der Waals surface area contributed by atoms with Crippen molar-refractivity contribution < 1.29 is 17.9 Å². The Balaban J connectivity index is 2.30. The summed E-state index contributed by atoms with van der Waals surface area (Å²) < 4.78 is 44.7. The lowest BCUT2D eigenvalue weighted by Gasteiger charge is -2.24. The minimum absolute atomic E-state index is 0.208. The minimum atomic E-state index is -4.34. The average Bonchev–Trinajstić information content (AvgIpc) is 2.67. The summed E-state index contributed by atoms with van der Waals surface area (Å²) in [6, 6.07) is 4.51. The highest BCUT2D eigenvalue weighted by atomic mass is 19.4. The van der Waals surface area contributed by atoms with Gasteiger partial charge in [0.1, 0.15) is 0 Å². The molecule has 0 aromatic heterocycles. The van der Waals surface area contributed by atoms with Crippen LogP contribution >= 0.6 is 0 Å². The van der Waals surface area contributed by atoms with E-state index in [1.807, 2.05) is 4.90 Å². The molecular weight excluding hydrogens is 269 g/mol. The van der Waals surface area contributed by atoms with E-state index in [1.165, 1.54) is 12.1 Å². The first-order valence-corrected chi connectivity index (χ1v) is 6.75. The molecule has 0 amide bonds. The van der Waals surface area contributed by atoms with Gasteiger partial charge in [0.2, 0.25) is 0 Å². The molecule has 1 aromatic rings. The van der Waals surface area contributed by atoms with Crippen LogP contribution in [0.1, 0.15) is 17.5 Å². The van der Waals surface area contributed by atoms with Gasteiger partial charge in [0.15, 0.2) is 0 Å². The number of hydrogen-bond donors (Lipinski definition) is 1. The summed E-state index contributed by atoms with van der Waals surface area (Å²) in [6.07, 6.45) is -3.28. The van der Waals surface area contributed by atoms with Crippen LogP contribution in [-0.4, -0.2) is 32.8 Å². The summed E-state index contributed by atoms with van der Waals surface area (Å²) in [5, 5.41) is 0. The summed E-state index contributed by atoms with van der Waals surface area (Å²) in [4.78, 5) is 1.94. The fraction of sp³-hybridized carbons (Fsp3) is 0.571. The van der Waals surface area contributed by atoms with Gasteiger partial charge >= 0.3 is 6.18 Å². The molecule has 3 nitrogen and oxygen atoms in total. The first-order valence-electron chi connectivity index (χ1n) is 6.75. The Morgan fingerprint density at radius 1 is 1.20 bits per heavy atom. The lowest BCUT2D eigenvalue weighted by atomic mass is 10.0. The van der Waals surface area contributed by atoms with Crippen LogP contribution in [0.4, 0.5) is 18.9 Å². The van der Waals surface area contributed by atoms with Gasteiger partial charge < -0.3 is 15.4 Å². The summed E-state index contributed by atoms with van der Waals surface area (Å²) in [5.41, 5.74) is 5.66. The number of ether oxygens (including phenoxy) is 1. The van der Waals surface area contributed by atoms with Crippen molar-refractivity contribution >= 4 is 5.69 Å². The number of hydrogen-bond acceptors (Lipinski definition) is 3. The van der Waals surface area contributed by atoms with Crippen LogP contribution in [0.5, 0.6) is 0 Å². The van der Waals surface area contributed by atoms with Gasteiger partial charge in [-0.25, -0.2) is 0 Å². The Bertz CT molecular complexity index is 441. The van der Waals surface area contributed by atoms with E-state index in [4.69, 9.17) is 10.5 Å². The number of alkyl halides is 3. The SMILES string of the molecule is NCCc1ccc(N2CCCOCC2)cc1C(F)(F)F. The molecule has 2 rings (SSSR count). The Hall–Kier alpha value is -1.27. The maximum Gasteiger partial charge on any atom is 0.416 e. The molecule has 1 aliphatic heterocycles. The molecule has 1 fully saturated rings. The van der Waals surface area contributed by atoms with Gasteiger partial charge in [-0.1, -0.05) is 6.07 Å². The van der Waals surface area contributed by atoms with Crippen molar-refractivity contribution in [3.05, 3.63) is 29.3 Å². The van der Waals surface area contributed by atoms with E-state index in [0.717, 1.165) is 6.42 Å². The highest BCUT2D eigenvalue weighted by Gasteiger charge is 2.33. The van der Waals surface area contributed by atoms with E-state index in [2.05, 4.69) is 0 Å². The normalized spacial score (nSPS) is 17.1. The van der Waals surface area contributed by atoms with E-state index in [1.54, 1.807) is 6.07 Å². The van der Waals surface area contributed by atoms with Crippen LogP contribution in [0.2, 0.25) is 0 Å². The summed E-state index contributed by atoms with van der Waals surface area (Å²) in [6.45, 7) is 2.75. The van der Waals surface area contributed by atoms with Crippen LogP contribution in [0.15, 0.2) is 18.2 Å². The first kappa shape index (κ1) is 15.1. The maximum atomic E-state index is 13.1. The third kappa shape index (κ3) is 3.64. The van der Waals surface area contributed by atoms with Crippen molar-refractivity contribution in [2.75, 3.05) is 37.7 Å². The molecule has 112 valence electrons. The van der Waals surface area contributed by atoms with Crippen LogP contribution in [-0.2, 0) is 17.3 Å². The smallest absolute Gasteiger partial charge is 0.380 e. The molecule has 0 unspecified atom stereocenters. The van der Waals surface area contributed by atoms with Crippen molar-refractivity contribution in [2.45, 2.75) is 19.0 Å². The van der Waals surface area contributed by atoms with Crippen molar-refractivity contribution in [3.8, 4) is 0 Å². The molecule has 0 aliphatic carbocycles. The van der Waals surface area contributed by atoms with Crippen molar-refractivity contribution in [2.24, 2.45) is 5.73 Å². The van der Waals surface area contributed by atoms with Gasteiger partial charge in [-0.15, -0.1) is 0 Å². The topological polar surface area (TPSA) is 38.5 Å². The van der Waals surface area contributed by atoms with Gasteiger partial charge in [-0.05, 0) is 37.1 Å².